The maximum atomic E-state index is 5.42. The van der Waals surface area contributed by atoms with Gasteiger partial charge in [-0.1, -0.05) is 11.8 Å². The number of rotatable bonds is 2. The molecule has 5 nitrogen and oxygen atoms in total. The molecule has 0 saturated carbocycles. The van der Waals surface area contributed by atoms with Crippen molar-refractivity contribution < 1.29 is 0 Å². The molecule has 6 heteroatoms. The van der Waals surface area contributed by atoms with Gasteiger partial charge in [-0.15, -0.1) is 10.2 Å². The molecule has 0 saturated heterocycles. The lowest BCUT2D eigenvalue weighted by molar-refractivity contribution is 0.766. The Bertz CT molecular complexity index is 422. The van der Waals surface area contributed by atoms with Crippen molar-refractivity contribution in [3.05, 3.63) is 24.5 Å². The van der Waals surface area contributed by atoms with Crippen molar-refractivity contribution in [1.82, 2.24) is 20.0 Å². The molecule has 72 valence electrons. The van der Waals surface area contributed by atoms with Crippen LogP contribution in [0.5, 0.6) is 0 Å². The van der Waals surface area contributed by atoms with Gasteiger partial charge < -0.3 is 5.73 Å². The Morgan fingerprint density at radius 1 is 1.36 bits per heavy atom. The predicted octanol–water partition coefficient (Wildman–Crippen LogP) is 0.943. The van der Waals surface area contributed by atoms with Gasteiger partial charge in [-0.05, 0) is 12.1 Å². The molecule has 2 heterocycles. The van der Waals surface area contributed by atoms with Crippen molar-refractivity contribution >= 4 is 17.6 Å². The minimum Gasteiger partial charge on any atom is -0.382 e. The third-order valence-corrected chi connectivity index (χ3v) is 2.44. The predicted molar refractivity (Wildman–Crippen MR) is 53.8 cm³/mol. The van der Waals surface area contributed by atoms with Crippen molar-refractivity contribution in [3.63, 3.8) is 0 Å². The molecule has 0 aliphatic heterocycles. The molecular weight excluding hydrogens is 198 g/mol. The fourth-order valence-corrected chi connectivity index (χ4v) is 1.72. The Labute approximate surface area is 85.3 Å². The molecule has 0 amide bonds. The van der Waals surface area contributed by atoms with Crippen molar-refractivity contribution in [3.8, 4) is 0 Å². The quantitative estimate of drug-likeness (QED) is 0.793. The first-order chi connectivity index (χ1) is 6.74. The topological polar surface area (TPSA) is 69.6 Å². The monoisotopic (exact) mass is 207 g/mol. The largest absolute Gasteiger partial charge is 0.382 e. The van der Waals surface area contributed by atoms with Crippen LogP contribution in [0.1, 0.15) is 0 Å². The maximum Gasteiger partial charge on any atom is 0.146 e. The Morgan fingerprint density at radius 2 is 2.21 bits per heavy atom. The van der Waals surface area contributed by atoms with E-state index in [1.165, 1.54) is 11.8 Å². The van der Waals surface area contributed by atoms with Gasteiger partial charge in [-0.25, -0.2) is 0 Å². The molecule has 2 N–H and O–H groups in total. The highest BCUT2D eigenvalue weighted by Crippen LogP contribution is 2.24. The van der Waals surface area contributed by atoms with Crippen LogP contribution in [0, 0.1) is 0 Å². The Hall–Kier alpha value is -1.56. The number of aryl methyl sites for hydroxylation is 1. The van der Waals surface area contributed by atoms with E-state index in [-0.39, 0.29) is 0 Å². The highest BCUT2D eigenvalue weighted by Gasteiger charge is 2.00. The van der Waals surface area contributed by atoms with E-state index in [1.807, 2.05) is 19.3 Å². The van der Waals surface area contributed by atoms with Crippen LogP contribution in [0.4, 0.5) is 5.82 Å². The first kappa shape index (κ1) is 9.01. The molecule has 0 aliphatic rings. The van der Waals surface area contributed by atoms with E-state index >= 15 is 0 Å². The number of hydrogen-bond donors (Lipinski definition) is 1. The Kier molecular flexibility index (Phi) is 2.36. The zero-order valence-electron chi connectivity index (χ0n) is 7.58. The molecule has 0 aromatic carbocycles. The van der Waals surface area contributed by atoms with Gasteiger partial charge in [0, 0.05) is 13.2 Å². The number of aromatic nitrogens is 4. The van der Waals surface area contributed by atoms with Gasteiger partial charge in [0.25, 0.3) is 0 Å². The molecule has 2 rings (SSSR count). The summed E-state index contributed by atoms with van der Waals surface area (Å²) in [7, 11) is 1.87. The third-order valence-electron chi connectivity index (χ3n) is 1.56. The molecule has 2 aromatic heterocycles. The Balaban J connectivity index is 2.15. The van der Waals surface area contributed by atoms with Gasteiger partial charge >= 0.3 is 0 Å². The third kappa shape index (κ3) is 2.02. The minimum absolute atomic E-state index is 0.431. The molecule has 14 heavy (non-hydrogen) atoms. The zero-order chi connectivity index (χ0) is 9.97. The van der Waals surface area contributed by atoms with E-state index in [4.69, 9.17) is 5.73 Å². The van der Waals surface area contributed by atoms with Crippen molar-refractivity contribution in [2.75, 3.05) is 5.73 Å². The molecule has 0 radical (unpaired) electrons. The summed E-state index contributed by atoms with van der Waals surface area (Å²) in [6.45, 7) is 0. The van der Waals surface area contributed by atoms with Gasteiger partial charge in [0.15, 0.2) is 0 Å². The second-order valence-corrected chi connectivity index (χ2v) is 3.84. The second-order valence-electron chi connectivity index (χ2n) is 2.75. The average Bonchev–Trinajstić information content (AvgIpc) is 2.56. The molecule has 0 bridgehead atoms. The normalized spacial score (nSPS) is 10.4. The standard InChI is InChI=1S/C8H9N5S/c1-13-5-6(4-10-13)14-8-3-2-7(9)11-12-8/h2-5H,1H3,(H2,9,11). The second kappa shape index (κ2) is 3.67. The van der Waals surface area contributed by atoms with E-state index < -0.39 is 0 Å². The SMILES string of the molecule is Cn1cc(Sc2ccc(N)nn2)cn1. The van der Waals surface area contributed by atoms with Crippen molar-refractivity contribution in [2.45, 2.75) is 9.92 Å². The van der Waals surface area contributed by atoms with Crippen LogP contribution in [-0.2, 0) is 7.05 Å². The lowest BCUT2D eigenvalue weighted by atomic mass is 10.5. The van der Waals surface area contributed by atoms with E-state index in [0.29, 0.717) is 5.82 Å². The van der Waals surface area contributed by atoms with Gasteiger partial charge in [-0.2, -0.15) is 5.10 Å². The summed E-state index contributed by atoms with van der Waals surface area (Å²) < 4.78 is 1.74. The number of nitrogen functional groups attached to an aromatic ring is 1. The van der Waals surface area contributed by atoms with Crippen LogP contribution < -0.4 is 5.73 Å². The lowest BCUT2D eigenvalue weighted by Crippen LogP contribution is -1.92. The van der Waals surface area contributed by atoms with Crippen LogP contribution in [0.15, 0.2) is 34.4 Å². The first-order valence-corrected chi connectivity index (χ1v) is 4.81. The molecule has 0 aliphatic carbocycles. The maximum absolute atomic E-state index is 5.42. The summed E-state index contributed by atoms with van der Waals surface area (Å²) in [6.07, 6.45) is 3.70. The minimum atomic E-state index is 0.431. The van der Waals surface area contributed by atoms with Gasteiger partial charge in [0.2, 0.25) is 0 Å². The fraction of sp³-hybridized carbons (Fsp3) is 0.125. The van der Waals surface area contributed by atoms with Gasteiger partial charge in [0.05, 0.1) is 11.1 Å². The summed E-state index contributed by atoms with van der Waals surface area (Å²) in [5.74, 6) is 0.431. The van der Waals surface area contributed by atoms with E-state index in [1.54, 1.807) is 16.9 Å². The summed E-state index contributed by atoms with van der Waals surface area (Å²) >= 11 is 1.50. The molecule has 0 fully saturated rings. The zero-order valence-corrected chi connectivity index (χ0v) is 8.40. The molecule has 0 atom stereocenters. The first-order valence-electron chi connectivity index (χ1n) is 4.00. The summed E-state index contributed by atoms with van der Waals surface area (Å²) in [5, 5.41) is 12.6. The smallest absolute Gasteiger partial charge is 0.146 e. The number of hydrogen-bond acceptors (Lipinski definition) is 5. The molecule has 0 spiro atoms. The average molecular weight is 207 g/mol. The molecule has 0 unspecified atom stereocenters. The van der Waals surface area contributed by atoms with Crippen molar-refractivity contribution in [2.24, 2.45) is 7.05 Å². The van der Waals surface area contributed by atoms with Gasteiger partial charge in [-0.3, -0.25) is 4.68 Å². The highest BCUT2D eigenvalue weighted by molar-refractivity contribution is 7.99. The summed E-state index contributed by atoms with van der Waals surface area (Å²) in [6, 6.07) is 3.56. The molecule has 2 aromatic rings. The lowest BCUT2D eigenvalue weighted by Gasteiger charge is -1.95. The van der Waals surface area contributed by atoms with Crippen LogP contribution in [0.25, 0.3) is 0 Å². The number of anilines is 1. The highest BCUT2D eigenvalue weighted by atomic mass is 32.2. The van der Waals surface area contributed by atoms with Crippen molar-refractivity contribution in [1.29, 1.82) is 0 Å². The van der Waals surface area contributed by atoms with Crippen LogP contribution in [-0.4, -0.2) is 20.0 Å². The molecular formula is C8H9N5S. The van der Waals surface area contributed by atoms with E-state index in [2.05, 4.69) is 15.3 Å². The summed E-state index contributed by atoms with van der Waals surface area (Å²) in [5.41, 5.74) is 5.42. The van der Waals surface area contributed by atoms with E-state index in [9.17, 15) is 0 Å². The van der Waals surface area contributed by atoms with Crippen LogP contribution in [0.3, 0.4) is 0 Å². The van der Waals surface area contributed by atoms with E-state index in [0.717, 1.165) is 9.92 Å². The Morgan fingerprint density at radius 3 is 2.79 bits per heavy atom. The number of nitrogens with zero attached hydrogens (tertiary/aromatic N) is 4. The fourth-order valence-electron chi connectivity index (χ4n) is 0.957. The van der Waals surface area contributed by atoms with Crippen LogP contribution in [0.2, 0.25) is 0 Å². The summed E-state index contributed by atoms with van der Waals surface area (Å²) in [4.78, 5) is 1.03. The van der Waals surface area contributed by atoms with Gasteiger partial charge in [0.1, 0.15) is 10.8 Å². The van der Waals surface area contributed by atoms with Crippen LogP contribution >= 0.6 is 11.8 Å². The number of nitrogens with two attached hydrogens (primary N) is 1.